The van der Waals surface area contributed by atoms with E-state index in [1.807, 2.05) is 0 Å². The van der Waals surface area contributed by atoms with Crippen molar-refractivity contribution in [1.29, 1.82) is 0 Å². The van der Waals surface area contributed by atoms with Crippen LogP contribution in [-0.4, -0.2) is 29.0 Å². The molecule has 2 aromatic rings. The van der Waals surface area contributed by atoms with Crippen LogP contribution in [0.3, 0.4) is 0 Å². The fraction of sp³-hybridized carbons (Fsp3) is 0.167. The van der Waals surface area contributed by atoms with Crippen LogP contribution >= 0.6 is 11.6 Å². The molecule has 110 valence electrons. The number of nitro groups is 1. The van der Waals surface area contributed by atoms with E-state index in [1.54, 1.807) is 38.4 Å². The highest BCUT2D eigenvalue weighted by Gasteiger charge is 2.24. The molecule has 0 saturated carbocycles. The largest absolute Gasteiger partial charge is 0.367 e. The van der Waals surface area contributed by atoms with Crippen molar-refractivity contribution in [2.75, 3.05) is 30.0 Å². The first-order chi connectivity index (χ1) is 10.0. The molecule has 9 heteroatoms. The maximum atomic E-state index is 11.3. The Morgan fingerprint density at radius 1 is 1.19 bits per heavy atom. The number of anilines is 4. The summed E-state index contributed by atoms with van der Waals surface area (Å²) in [5.74, 6) is 0.448. The topological polar surface area (TPSA) is 105 Å². The number of rotatable bonds is 5. The van der Waals surface area contributed by atoms with E-state index in [0.29, 0.717) is 10.7 Å². The van der Waals surface area contributed by atoms with Crippen molar-refractivity contribution in [1.82, 2.24) is 9.97 Å². The predicted molar refractivity (Wildman–Crippen MR) is 82.5 cm³/mol. The fourth-order valence-corrected chi connectivity index (χ4v) is 1.89. The van der Waals surface area contributed by atoms with E-state index in [4.69, 9.17) is 11.6 Å². The van der Waals surface area contributed by atoms with Crippen molar-refractivity contribution in [2.24, 2.45) is 0 Å². The van der Waals surface area contributed by atoms with Crippen LogP contribution in [0.5, 0.6) is 0 Å². The molecule has 8 nitrogen and oxygen atoms in total. The van der Waals surface area contributed by atoms with Crippen LogP contribution in [0, 0.1) is 10.1 Å². The SMILES string of the molecule is CNc1nc(NC)c([N+](=O)[O-])c(Nc2cccc(Cl)c2)n1. The number of halogens is 1. The van der Waals surface area contributed by atoms with Crippen molar-refractivity contribution in [3.63, 3.8) is 0 Å². The first kappa shape index (κ1) is 14.8. The Morgan fingerprint density at radius 3 is 2.48 bits per heavy atom. The average molecular weight is 309 g/mol. The highest BCUT2D eigenvalue weighted by atomic mass is 35.5. The number of hydrogen-bond acceptors (Lipinski definition) is 7. The molecule has 21 heavy (non-hydrogen) atoms. The van der Waals surface area contributed by atoms with Gasteiger partial charge in [-0.15, -0.1) is 0 Å². The van der Waals surface area contributed by atoms with Crippen molar-refractivity contribution in [3.05, 3.63) is 39.4 Å². The third kappa shape index (κ3) is 3.29. The molecule has 0 radical (unpaired) electrons. The van der Waals surface area contributed by atoms with Crippen LogP contribution in [-0.2, 0) is 0 Å². The minimum atomic E-state index is -0.543. The van der Waals surface area contributed by atoms with Crippen LogP contribution < -0.4 is 16.0 Å². The maximum absolute atomic E-state index is 11.3. The van der Waals surface area contributed by atoms with Gasteiger partial charge in [0.2, 0.25) is 17.6 Å². The van der Waals surface area contributed by atoms with Crippen LogP contribution in [0.2, 0.25) is 5.02 Å². The quantitative estimate of drug-likeness (QED) is 0.576. The zero-order chi connectivity index (χ0) is 15.4. The zero-order valence-corrected chi connectivity index (χ0v) is 12.1. The van der Waals surface area contributed by atoms with Gasteiger partial charge in [-0.25, -0.2) is 0 Å². The molecule has 1 heterocycles. The Balaban J connectivity index is 2.52. The zero-order valence-electron chi connectivity index (χ0n) is 11.3. The summed E-state index contributed by atoms with van der Waals surface area (Å²) in [7, 11) is 3.18. The number of benzene rings is 1. The van der Waals surface area contributed by atoms with Crippen molar-refractivity contribution in [2.45, 2.75) is 0 Å². The molecule has 0 bridgehead atoms. The normalized spacial score (nSPS) is 10.0. The summed E-state index contributed by atoms with van der Waals surface area (Å²) in [6.07, 6.45) is 0. The summed E-state index contributed by atoms with van der Waals surface area (Å²) in [4.78, 5) is 18.8. The van der Waals surface area contributed by atoms with Crippen LogP contribution in [0.25, 0.3) is 0 Å². The summed E-state index contributed by atoms with van der Waals surface area (Å²) < 4.78 is 0. The Hall–Kier alpha value is -2.61. The molecule has 1 aromatic carbocycles. The van der Waals surface area contributed by atoms with Crippen molar-refractivity contribution < 1.29 is 4.92 Å². The molecular weight excluding hydrogens is 296 g/mol. The van der Waals surface area contributed by atoms with Gasteiger partial charge in [-0.2, -0.15) is 9.97 Å². The van der Waals surface area contributed by atoms with E-state index >= 15 is 0 Å². The molecule has 0 fully saturated rings. The highest BCUT2D eigenvalue weighted by Crippen LogP contribution is 2.33. The molecular formula is C12H13ClN6O2. The molecule has 0 atom stereocenters. The Labute approximate surface area is 125 Å². The highest BCUT2D eigenvalue weighted by molar-refractivity contribution is 6.30. The summed E-state index contributed by atoms with van der Waals surface area (Å²) in [5.41, 5.74) is 0.352. The van der Waals surface area contributed by atoms with E-state index in [1.165, 1.54) is 0 Å². The monoisotopic (exact) mass is 308 g/mol. The lowest BCUT2D eigenvalue weighted by molar-refractivity contribution is -0.383. The summed E-state index contributed by atoms with van der Waals surface area (Å²) in [5, 5.41) is 20.1. The fourth-order valence-electron chi connectivity index (χ4n) is 1.70. The molecule has 0 aliphatic heterocycles. The summed E-state index contributed by atoms with van der Waals surface area (Å²) in [6, 6.07) is 6.82. The summed E-state index contributed by atoms with van der Waals surface area (Å²) in [6.45, 7) is 0. The third-order valence-corrected chi connectivity index (χ3v) is 2.85. The van der Waals surface area contributed by atoms with Crippen LogP contribution in [0.4, 0.5) is 29.0 Å². The molecule has 0 amide bonds. The Morgan fingerprint density at radius 2 is 1.90 bits per heavy atom. The first-order valence-corrected chi connectivity index (χ1v) is 6.37. The minimum Gasteiger partial charge on any atom is -0.367 e. The predicted octanol–water partition coefficient (Wildman–Crippen LogP) is 2.87. The minimum absolute atomic E-state index is 0.0750. The number of nitrogens with one attached hydrogen (secondary N) is 3. The van der Waals surface area contributed by atoms with Gasteiger partial charge in [0.1, 0.15) is 0 Å². The molecule has 0 aliphatic rings. The molecule has 2 rings (SSSR count). The second-order valence-corrected chi connectivity index (χ2v) is 4.42. The van der Waals surface area contributed by atoms with Gasteiger partial charge in [-0.1, -0.05) is 17.7 Å². The molecule has 0 aliphatic carbocycles. The standard InChI is InChI=1S/C12H13ClN6O2/c1-14-10-9(19(20)21)11(18-12(15-2)17-10)16-8-5-3-4-7(13)6-8/h3-6H,1-2H3,(H3,14,15,16,17,18). The number of nitrogens with zero attached hydrogens (tertiary/aromatic N) is 3. The second kappa shape index (κ2) is 6.23. The molecule has 0 unspecified atom stereocenters. The Bertz CT molecular complexity index is 679. The van der Waals surface area contributed by atoms with Gasteiger partial charge < -0.3 is 16.0 Å². The second-order valence-electron chi connectivity index (χ2n) is 3.99. The average Bonchev–Trinajstić information content (AvgIpc) is 2.46. The van der Waals surface area contributed by atoms with Gasteiger partial charge >= 0.3 is 5.69 Å². The molecule has 0 saturated heterocycles. The van der Waals surface area contributed by atoms with Gasteiger partial charge in [-0.05, 0) is 18.2 Å². The van der Waals surface area contributed by atoms with Crippen LogP contribution in [0.15, 0.2) is 24.3 Å². The lowest BCUT2D eigenvalue weighted by Gasteiger charge is -2.10. The number of hydrogen-bond donors (Lipinski definition) is 3. The first-order valence-electron chi connectivity index (χ1n) is 5.99. The van der Waals surface area contributed by atoms with E-state index < -0.39 is 4.92 Å². The van der Waals surface area contributed by atoms with E-state index in [2.05, 4.69) is 25.9 Å². The van der Waals surface area contributed by atoms with Gasteiger partial charge in [0.15, 0.2) is 0 Å². The van der Waals surface area contributed by atoms with E-state index in [0.717, 1.165) is 0 Å². The lowest BCUT2D eigenvalue weighted by Crippen LogP contribution is -2.08. The summed E-state index contributed by atoms with van der Waals surface area (Å²) >= 11 is 5.90. The maximum Gasteiger partial charge on any atom is 0.353 e. The van der Waals surface area contributed by atoms with Gasteiger partial charge in [0.25, 0.3) is 0 Å². The Kier molecular flexibility index (Phi) is 4.39. The third-order valence-electron chi connectivity index (χ3n) is 2.61. The van der Waals surface area contributed by atoms with Gasteiger partial charge in [0, 0.05) is 24.8 Å². The molecule has 1 aromatic heterocycles. The van der Waals surface area contributed by atoms with E-state index in [-0.39, 0.29) is 23.3 Å². The molecule has 3 N–H and O–H groups in total. The van der Waals surface area contributed by atoms with Crippen molar-refractivity contribution >= 4 is 40.6 Å². The molecule has 0 spiro atoms. The van der Waals surface area contributed by atoms with Gasteiger partial charge in [0.05, 0.1) is 4.92 Å². The van der Waals surface area contributed by atoms with E-state index in [9.17, 15) is 10.1 Å². The van der Waals surface area contributed by atoms with Gasteiger partial charge in [-0.3, -0.25) is 10.1 Å². The number of aromatic nitrogens is 2. The van der Waals surface area contributed by atoms with Crippen molar-refractivity contribution in [3.8, 4) is 0 Å². The lowest BCUT2D eigenvalue weighted by atomic mass is 10.3. The van der Waals surface area contributed by atoms with Crippen LogP contribution in [0.1, 0.15) is 0 Å². The smallest absolute Gasteiger partial charge is 0.353 e.